The molecule has 1 unspecified atom stereocenters. The lowest BCUT2D eigenvalue weighted by atomic mass is 9.97. The molecular weight excluding hydrogens is 316 g/mol. The molecule has 132 valence electrons. The van der Waals surface area contributed by atoms with E-state index in [9.17, 15) is 9.59 Å². The van der Waals surface area contributed by atoms with Crippen molar-refractivity contribution < 1.29 is 4.79 Å². The fourth-order valence-corrected chi connectivity index (χ4v) is 3.61. The third-order valence-corrected chi connectivity index (χ3v) is 4.89. The number of amides is 1. The Hall–Kier alpha value is -2.50. The van der Waals surface area contributed by atoms with Gasteiger partial charge >= 0.3 is 5.69 Å². The molecule has 6 nitrogen and oxygen atoms in total. The monoisotopic (exact) mass is 340 g/mol. The number of pyridine rings is 1. The smallest absolute Gasteiger partial charge is 0.334 e. The van der Waals surface area contributed by atoms with Gasteiger partial charge in [-0.25, -0.2) is 4.79 Å². The van der Waals surface area contributed by atoms with E-state index in [2.05, 4.69) is 15.0 Å². The normalized spacial score (nSPS) is 17.5. The molecule has 6 heteroatoms. The van der Waals surface area contributed by atoms with E-state index in [-0.39, 0.29) is 17.6 Å². The van der Waals surface area contributed by atoms with Gasteiger partial charge in [-0.1, -0.05) is 6.07 Å². The average Bonchev–Trinajstić information content (AvgIpc) is 2.61. The first kappa shape index (κ1) is 17.3. The van der Waals surface area contributed by atoms with Gasteiger partial charge in [0, 0.05) is 30.6 Å². The van der Waals surface area contributed by atoms with Crippen LogP contribution in [0, 0.1) is 13.8 Å². The number of rotatable bonds is 4. The number of H-pyrrole nitrogens is 1. The van der Waals surface area contributed by atoms with E-state index in [1.165, 1.54) is 0 Å². The molecular formula is C19H24N4O2. The maximum absolute atomic E-state index is 12.9. The van der Waals surface area contributed by atoms with Crippen molar-refractivity contribution in [2.45, 2.75) is 52.0 Å². The summed E-state index contributed by atoms with van der Waals surface area (Å²) in [5.41, 5.74) is 3.09. The van der Waals surface area contributed by atoms with Crippen LogP contribution in [0.2, 0.25) is 0 Å². The van der Waals surface area contributed by atoms with Gasteiger partial charge in [0.25, 0.3) is 0 Å². The van der Waals surface area contributed by atoms with Crippen molar-refractivity contribution in [2.24, 2.45) is 0 Å². The summed E-state index contributed by atoms with van der Waals surface area (Å²) < 4.78 is 0. The van der Waals surface area contributed by atoms with E-state index < -0.39 is 0 Å². The van der Waals surface area contributed by atoms with Crippen molar-refractivity contribution in [1.82, 2.24) is 19.9 Å². The largest absolute Gasteiger partial charge is 0.345 e. The molecule has 1 saturated heterocycles. The van der Waals surface area contributed by atoms with E-state index in [0.717, 1.165) is 42.8 Å². The second-order valence-corrected chi connectivity index (χ2v) is 6.58. The molecule has 1 fully saturated rings. The van der Waals surface area contributed by atoms with Crippen LogP contribution in [0.15, 0.2) is 29.2 Å². The molecule has 1 aliphatic heterocycles. The van der Waals surface area contributed by atoms with Crippen molar-refractivity contribution >= 4 is 5.91 Å². The maximum atomic E-state index is 12.9. The van der Waals surface area contributed by atoms with Crippen molar-refractivity contribution in [3.8, 4) is 0 Å². The van der Waals surface area contributed by atoms with Gasteiger partial charge in [-0.3, -0.25) is 9.78 Å². The van der Waals surface area contributed by atoms with Crippen molar-refractivity contribution in [3.63, 3.8) is 0 Å². The molecule has 0 spiro atoms. The third kappa shape index (κ3) is 3.95. The van der Waals surface area contributed by atoms with Gasteiger partial charge in [-0.15, -0.1) is 0 Å². The minimum atomic E-state index is -0.337. The lowest BCUT2D eigenvalue weighted by molar-refractivity contribution is -0.135. The number of nitrogens with zero attached hydrogens (tertiary/aromatic N) is 3. The Morgan fingerprint density at radius 2 is 2.16 bits per heavy atom. The quantitative estimate of drug-likeness (QED) is 0.927. The van der Waals surface area contributed by atoms with Gasteiger partial charge in [0.1, 0.15) is 0 Å². The van der Waals surface area contributed by atoms with E-state index in [1.54, 1.807) is 6.20 Å². The highest BCUT2D eigenvalue weighted by Crippen LogP contribution is 2.30. The van der Waals surface area contributed by atoms with E-state index in [4.69, 9.17) is 0 Å². The molecule has 2 aromatic heterocycles. The molecule has 0 saturated carbocycles. The van der Waals surface area contributed by atoms with Crippen LogP contribution in [0.1, 0.15) is 54.4 Å². The number of hydrogen-bond donors (Lipinski definition) is 1. The summed E-state index contributed by atoms with van der Waals surface area (Å²) in [7, 11) is 0. The number of piperidine rings is 1. The Morgan fingerprint density at radius 1 is 1.32 bits per heavy atom. The van der Waals surface area contributed by atoms with Crippen LogP contribution in [-0.2, 0) is 11.2 Å². The first-order valence-electron chi connectivity index (χ1n) is 8.83. The Morgan fingerprint density at radius 3 is 2.88 bits per heavy atom. The summed E-state index contributed by atoms with van der Waals surface area (Å²) in [6.45, 7) is 4.45. The van der Waals surface area contributed by atoms with Crippen LogP contribution in [0.25, 0.3) is 0 Å². The lowest BCUT2D eigenvalue weighted by Crippen LogP contribution is -2.39. The second-order valence-electron chi connectivity index (χ2n) is 6.58. The van der Waals surface area contributed by atoms with Gasteiger partial charge in [0.05, 0.1) is 11.7 Å². The minimum absolute atomic E-state index is 0.0679. The molecule has 25 heavy (non-hydrogen) atoms. The maximum Gasteiger partial charge on any atom is 0.345 e. The van der Waals surface area contributed by atoms with Crippen LogP contribution in [0.5, 0.6) is 0 Å². The Labute approximate surface area is 147 Å². The second kappa shape index (κ2) is 7.59. The van der Waals surface area contributed by atoms with Crippen molar-refractivity contribution in [3.05, 3.63) is 57.5 Å². The molecule has 3 heterocycles. The summed E-state index contributed by atoms with van der Waals surface area (Å²) in [6.07, 6.45) is 5.90. The minimum Gasteiger partial charge on any atom is -0.334 e. The zero-order valence-corrected chi connectivity index (χ0v) is 14.8. The highest BCUT2D eigenvalue weighted by atomic mass is 16.2. The number of carbonyl (C=O) groups excluding carboxylic acids is 1. The fraction of sp³-hybridized carbons (Fsp3) is 0.474. The van der Waals surface area contributed by atoms with Crippen LogP contribution >= 0.6 is 0 Å². The van der Waals surface area contributed by atoms with E-state index >= 15 is 0 Å². The van der Waals surface area contributed by atoms with Gasteiger partial charge in [0.15, 0.2) is 0 Å². The van der Waals surface area contributed by atoms with E-state index in [0.29, 0.717) is 18.5 Å². The highest BCUT2D eigenvalue weighted by molar-refractivity contribution is 5.77. The number of likely N-dealkylation sites (tertiary alicyclic amines) is 1. The molecule has 1 amide bonds. The molecule has 0 radical (unpaired) electrons. The van der Waals surface area contributed by atoms with Crippen LogP contribution in [0.4, 0.5) is 0 Å². The molecule has 2 aromatic rings. The molecule has 0 aliphatic carbocycles. The van der Waals surface area contributed by atoms with Crippen molar-refractivity contribution in [2.75, 3.05) is 6.54 Å². The van der Waals surface area contributed by atoms with Gasteiger partial charge in [-0.05, 0) is 57.2 Å². The number of nitrogens with one attached hydrogen (secondary N) is 1. The summed E-state index contributed by atoms with van der Waals surface area (Å²) >= 11 is 0. The molecule has 3 rings (SSSR count). The predicted molar refractivity (Wildman–Crippen MR) is 95.2 cm³/mol. The number of carbonyl (C=O) groups is 1. The molecule has 0 aromatic carbocycles. The predicted octanol–water partition coefficient (Wildman–Crippen LogP) is 2.47. The fourth-order valence-electron chi connectivity index (χ4n) is 3.61. The number of hydrogen-bond acceptors (Lipinski definition) is 4. The zero-order valence-electron chi connectivity index (χ0n) is 14.8. The number of aromatic nitrogens is 3. The van der Waals surface area contributed by atoms with E-state index in [1.807, 2.05) is 36.9 Å². The number of aromatic amines is 1. The van der Waals surface area contributed by atoms with Crippen molar-refractivity contribution in [1.29, 1.82) is 0 Å². The average molecular weight is 340 g/mol. The van der Waals surface area contributed by atoms with Crippen LogP contribution in [-0.4, -0.2) is 32.3 Å². The van der Waals surface area contributed by atoms with Gasteiger partial charge in [-0.2, -0.15) is 4.98 Å². The SMILES string of the molecule is Cc1nc(=O)[nH]c(C)c1CCC(=O)N1CCCCC1c1ccccn1. The Balaban J connectivity index is 1.72. The first-order valence-corrected chi connectivity index (χ1v) is 8.83. The molecule has 1 N–H and O–H groups in total. The summed E-state index contributed by atoms with van der Waals surface area (Å²) in [5.74, 6) is 0.139. The zero-order chi connectivity index (χ0) is 17.8. The lowest BCUT2D eigenvalue weighted by Gasteiger charge is -2.35. The third-order valence-electron chi connectivity index (χ3n) is 4.89. The molecule has 1 aliphatic rings. The Bertz CT molecular complexity index is 775. The summed E-state index contributed by atoms with van der Waals surface area (Å²) in [5, 5.41) is 0. The van der Waals surface area contributed by atoms with Crippen LogP contribution < -0.4 is 5.69 Å². The standard InChI is InChI=1S/C19H24N4O2/c1-13-15(14(2)22-19(25)21-13)9-10-18(24)23-12-6-4-8-17(23)16-7-3-5-11-20-16/h3,5,7,11,17H,4,6,8-10,12H2,1-2H3,(H,21,22,25). The highest BCUT2D eigenvalue weighted by Gasteiger charge is 2.28. The topological polar surface area (TPSA) is 79.0 Å². The summed E-state index contributed by atoms with van der Waals surface area (Å²) in [6, 6.07) is 5.93. The number of aryl methyl sites for hydroxylation is 2. The van der Waals surface area contributed by atoms with Crippen LogP contribution in [0.3, 0.4) is 0 Å². The van der Waals surface area contributed by atoms with Gasteiger partial charge in [0.2, 0.25) is 5.91 Å². The summed E-state index contributed by atoms with van der Waals surface area (Å²) in [4.78, 5) is 37.3. The Kier molecular flexibility index (Phi) is 5.26. The molecule has 0 bridgehead atoms. The first-order chi connectivity index (χ1) is 12.1. The molecule has 1 atom stereocenters. The van der Waals surface area contributed by atoms with Gasteiger partial charge < -0.3 is 9.88 Å².